The predicted octanol–water partition coefficient (Wildman–Crippen LogP) is 22.8. The fourth-order valence-corrected chi connectivity index (χ4v) is 14.9. The van der Waals surface area contributed by atoms with Crippen LogP contribution in [0.5, 0.6) is 0 Å². The molecule has 0 amide bonds. The molecule has 0 saturated heterocycles. The Hall–Kier alpha value is -4.68. The van der Waals surface area contributed by atoms with Gasteiger partial charge in [0.1, 0.15) is 0 Å². The van der Waals surface area contributed by atoms with Gasteiger partial charge in [0.25, 0.3) is 0 Å². The lowest BCUT2D eigenvalue weighted by atomic mass is 9.69. The highest BCUT2D eigenvalue weighted by molar-refractivity contribution is 5.89. The summed E-state index contributed by atoms with van der Waals surface area (Å²) in [7, 11) is 0. The van der Waals surface area contributed by atoms with Gasteiger partial charge in [-0.2, -0.15) is 0 Å². The molecule has 0 N–H and O–H groups in total. The van der Waals surface area contributed by atoms with Gasteiger partial charge in [-0.25, -0.2) is 0 Å². The molecule has 3 aliphatic carbocycles. The van der Waals surface area contributed by atoms with E-state index >= 15 is 0 Å². The first-order valence-electron chi connectivity index (χ1n) is 30.6. The second-order valence-corrected chi connectivity index (χ2v) is 23.7. The first kappa shape index (κ1) is 53.2. The lowest BCUT2D eigenvalue weighted by Crippen LogP contribution is -2.26. The van der Waals surface area contributed by atoms with Gasteiger partial charge in [-0.1, -0.05) is 273 Å². The molecule has 0 aliphatic heterocycles. The van der Waals surface area contributed by atoms with E-state index in [9.17, 15) is 0 Å². The molecule has 0 aromatic heterocycles. The highest BCUT2D eigenvalue weighted by atomic mass is 14.5. The molecule has 0 radical (unpaired) electrons. The van der Waals surface area contributed by atoms with Crippen molar-refractivity contribution in [3.8, 4) is 55.6 Å². The van der Waals surface area contributed by atoms with Gasteiger partial charge in [-0.3, -0.25) is 0 Å². The number of benzene rings is 6. The maximum Gasteiger partial charge on any atom is 0.0215 e. The average Bonchev–Trinajstić information content (AvgIpc) is 3.97. The fourth-order valence-electron chi connectivity index (χ4n) is 14.9. The maximum absolute atomic E-state index is 2.71. The molecule has 0 nitrogen and oxygen atoms in total. The smallest absolute Gasteiger partial charge is 0.0215 e. The van der Waals surface area contributed by atoms with Crippen LogP contribution in [-0.2, 0) is 16.2 Å². The molecule has 6 aromatic rings. The third kappa shape index (κ3) is 10.4. The van der Waals surface area contributed by atoms with E-state index in [4.69, 9.17) is 0 Å². The van der Waals surface area contributed by atoms with Crippen molar-refractivity contribution in [2.45, 2.75) is 238 Å². The summed E-state index contributed by atoms with van der Waals surface area (Å²) < 4.78 is 0. The van der Waals surface area contributed by atoms with Crippen molar-refractivity contribution in [3.05, 3.63) is 154 Å². The largest absolute Gasteiger partial charge is 0.0654 e. The Morgan fingerprint density at radius 3 is 0.849 bits per heavy atom. The Labute approximate surface area is 445 Å². The fraction of sp³-hybridized carbons (Fsp3) is 0.507. The normalized spacial score (nSPS) is 18.9. The molecular formula is C73H94. The predicted molar refractivity (Wildman–Crippen MR) is 319 cm³/mol. The third-order valence-corrected chi connectivity index (χ3v) is 18.8. The van der Waals surface area contributed by atoms with Gasteiger partial charge in [0, 0.05) is 16.2 Å². The van der Waals surface area contributed by atoms with Gasteiger partial charge >= 0.3 is 0 Å². The molecule has 0 saturated carbocycles. The van der Waals surface area contributed by atoms with Crippen LogP contribution in [-0.4, -0.2) is 0 Å². The van der Waals surface area contributed by atoms with Gasteiger partial charge < -0.3 is 0 Å². The first-order valence-corrected chi connectivity index (χ1v) is 30.6. The summed E-state index contributed by atoms with van der Waals surface area (Å²) in [6, 6.07) is 47.8. The summed E-state index contributed by atoms with van der Waals surface area (Å²) in [5, 5.41) is 0. The Morgan fingerprint density at radius 1 is 0.247 bits per heavy atom. The van der Waals surface area contributed by atoms with Crippen molar-refractivity contribution >= 4 is 0 Å². The van der Waals surface area contributed by atoms with Gasteiger partial charge in [0.05, 0.1) is 0 Å². The summed E-state index contributed by atoms with van der Waals surface area (Å²) in [5.41, 5.74) is 25.7. The molecule has 9 rings (SSSR count). The summed E-state index contributed by atoms with van der Waals surface area (Å²) in [4.78, 5) is 0. The Balaban J connectivity index is 1.16. The first-order chi connectivity index (χ1) is 35.8. The molecule has 0 bridgehead atoms. The zero-order valence-corrected chi connectivity index (χ0v) is 47.1. The number of unbranched alkanes of at least 4 members (excludes halogenated alkanes) is 15. The maximum atomic E-state index is 2.71. The van der Waals surface area contributed by atoms with E-state index in [1.54, 1.807) is 33.4 Å². The molecule has 0 fully saturated rings. The van der Waals surface area contributed by atoms with Crippen LogP contribution in [0.2, 0.25) is 0 Å². The van der Waals surface area contributed by atoms with E-state index in [1.807, 2.05) is 0 Å². The van der Waals surface area contributed by atoms with Crippen molar-refractivity contribution < 1.29 is 0 Å². The SMILES string of the molecule is CCCCCCC1(CCCCC)c2ccccc2-c2ccc(-c3ccc4c(c3)C(CCCCC)(CCCCCC)c3cc(-c5ccc6c(c5)C(CCCCC)(CCCCCC)c5cc(C)ccc5-6)ccc3-4)cc21. The minimum absolute atomic E-state index is 0.0105. The van der Waals surface area contributed by atoms with Crippen LogP contribution in [0.3, 0.4) is 0 Å². The standard InChI is InChI=1S/C73H94/c1-8-14-20-28-46-71(43-25-17-11-4)65-32-24-23-31-59(65)61-39-34-55(50-67(61)71)57-36-41-63-64-42-37-58(53-70(64)73(69(63)52-57,45-27-19-13-6)48-30-22-16-10-3)56-35-40-62-60-38-33-54(7)49-66(60)72(68(62)51-56,44-26-18-12-5)47-29-21-15-9-2/h23-24,31-42,49-53H,8-22,25-30,43-48H2,1-7H3. The monoisotopic (exact) mass is 971 g/mol. The van der Waals surface area contributed by atoms with Gasteiger partial charge in [-0.15, -0.1) is 0 Å². The van der Waals surface area contributed by atoms with E-state index in [0.29, 0.717) is 0 Å². The van der Waals surface area contributed by atoms with Crippen LogP contribution in [0.25, 0.3) is 55.6 Å². The van der Waals surface area contributed by atoms with Crippen LogP contribution < -0.4 is 0 Å². The second kappa shape index (κ2) is 24.3. The molecule has 0 heterocycles. The van der Waals surface area contributed by atoms with E-state index in [2.05, 4.69) is 164 Å². The minimum atomic E-state index is -0.0105. The van der Waals surface area contributed by atoms with Crippen molar-refractivity contribution in [1.82, 2.24) is 0 Å². The average molecular weight is 972 g/mol. The molecule has 0 spiro atoms. The Bertz CT molecular complexity index is 2780. The molecule has 0 heteroatoms. The number of rotatable bonds is 29. The van der Waals surface area contributed by atoms with E-state index in [1.165, 1.54) is 235 Å². The van der Waals surface area contributed by atoms with Crippen molar-refractivity contribution in [3.63, 3.8) is 0 Å². The quantitative estimate of drug-likeness (QED) is 0.0411. The highest BCUT2D eigenvalue weighted by Crippen LogP contribution is 2.59. The Morgan fingerprint density at radius 2 is 0.507 bits per heavy atom. The van der Waals surface area contributed by atoms with E-state index in [0.717, 1.165) is 0 Å². The van der Waals surface area contributed by atoms with Gasteiger partial charge in [-0.05, 0) is 159 Å². The third-order valence-electron chi connectivity index (χ3n) is 18.8. The number of hydrogen-bond donors (Lipinski definition) is 0. The molecule has 73 heavy (non-hydrogen) atoms. The van der Waals surface area contributed by atoms with Crippen LogP contribution in [0.1, 0.15) is 254 Å². The molecule has 386 valence electrons. The van der Waals surface area contributed by atoms with Gasteiger partial charge in [0.15, 0.2) is 0 Å². The van der Waals surface area contributed by atoms with E-state index in [-0.39, 0.29) is 16.2 Å². The summed E-state index contributed by atoms with van der Waals surface area (Å²) in [6.45, 7) is 16.5. The molecule has 6 aromatic carbocycles. The number of hydrogen-bond acceptors (Lipinski definition) is 0. The zero-order chi connectivity index (χ0) is 50.8. The second-order valence-electron chi connectivity index (χ2n) is 23.7. The number of fused-ring (bicyclic) bond motifs is 9. The summed E-state index contributed by atoms with van der Waals surface area (Å²) in [5.74, 6) is 0. The van der Waals surface area contributed by atoms with Crippen LogP contribution in [0.15, 0.2) is 115 Å². The van der Waals surface area contributed by atoms with Crippen LogP contribution in [0, 0.1) is 6.92 Å². The zero-order valence-electron chi connectivity index (χ0n) is 47.1. The minimum Gasteiger partial charge on any atom is -0.0654 e. The topological polar surface area (TPSA) is 0 Å². The van der Waals surface area contributed by atoms with Crippen LogP contribution >= 0.6 is 0 Å². The van der Waals surface area contributed by atoms with Crippen molar-refractivity contribution in [1.29, 1.82) is 0 Å². The van der Waals surface area contributed by atoms with Crippen molar-refractivity contribution in [2.75, 3.05) is 0 Å². The lowest BCUT2D eigenvalue weighted by molar-refractivity contribution is 0.402. The van der Waals surface area contributed by atoms with E-state index < -0.39 is 0 Å². The molecule has 3 atom stereocenters. The molecular weight excluding hydrogens is 877 g/mol. The summed E-state index contributed by atoms with van der Waals surface area (Å²) in [6.07, 6.45) is 34.6. The van der Waals surface area contributed by atoms with Crippen molar-refractivity contribution in [2.24, 2.45) is 0 Å². The van der Waals surface area contributed by atoms with Gasteiger partial charge in [0.2, 0.25) is 0 Å². The lowest BCUT2D eigenvalue weighted by Gasteiger charge is -2.34. The highest BCUT2D eigenvalue weighted by Gasteiger charge is 2.46. The molecule has 3 unspecified atom stereocenters. The molecule has 3 aliphatic rings. The Kier molecular flexibility index (Phi) is 17.7. The number of aryl methyl sites for hydroxylation is 1. The summed E-state index contributed by atoms with van der Waals surface area (Å²) >= 11 is 0. The van der Waals surface area contributed by atoms with Crippen LogP contribution in [0.4, 0.5) is 0 Å².